The van der Waals surface area contributed by atoms with Crippen LogP contribution in [0.15, 0.2) is 82.4 Å². The van der Waals surface area contributed by atoms with Gasteiger partial charge in [-0.2, -0.15) is 5.10 Å². The molecule has 0 spiro atoms. The highest BCUT2D eigenvalue weighted by Gasteiger charge is 2.07. The third-order valence-corrected chi connectivity index (χ3v) is 4.52. The van der Waals surface area contributed by atoms with Gasteiger partial charge in [0, 0.05) is 10.0 Å². The van der Waals surface area contributed by atoms with Gasteiger partial charge in [-0.15, -0.1) is 0 Å². The molecule has 29 heavy (non-hydrogen) atoms. The molecule has 0 radical (unpaired) electrons. The number of benzene rings is 3. The van der Waals surface area contributed by atoms with Gasteiger partial charge in [-0.25, -0.2) is 5.43 Å². The summed E-state index contributed by atoms with van der Waals surface area (Å²) in [5.74, 6) is 1.02. The van der Waals surface area contributed by atoms with Crippen LogP contribution in [0.3, 0.4) is 0 Å². The van der Waals surface area contributed by atoms with Gasteiger partial charge in [0.05, 0.1) is 12.8 Å². The second-order valence-electron chi connectivity index (χ2n) is 6.12. The van der Waals surface area contributed by atoms with E-state index in [1.807, 2.05) is 55.5 Å². The fourth-order valence-electron chi connectivity index (χ4n) is 2.55. The minimum Gasteiger partial charge on any atom is -0.490 e. The summed E-state index contributed by atoms with van der Waals surface area (Å²) in [5.41, 5.74) is 4.92. The number of ether oxygens (including phenoxy) is 2. The Labute approximate surface area is 178 Å². The average Bonchev–Trinajstić information content (AvgIpc) is 2.75. The fraction of sp³-hybridized carbons (Fsp3) is 0.130. The van der Waals surface area contributed by atoms with Crippen molar-refractivity contribution in [3.05, 3.63) is 94.0 Å². The van der Waals surface area contributed by atoms with Crippen molar-refractivity contribution in [2.24, 2.45) is 5.10 Å². The zero-order chi connectivity index (χ0) is 20.5. The molecule has 0 saturated heterocycles. The molecule has 6 heteroatoms. The second kappa shape index (κ2) is 10.4. The average molecular weight is 453 g/mol. The Morgan fingerprint density at radius 1 is 1.00 bits per heavy atom. The molecule has 0 atom stereocenters. The zero-order valence-corrected chi connectivity index (χ0v) is 17.6. The Balaban J connectivity index is 1.65. The number of carbonyl (C=O) groups is 1. The van der Waals surface area contributed by atoms with Crippen LogP contribution in [0.4, 0.5) is 0 Å². The Morgan fingerprint density at radius 3 is 2.48 bits per heavy atom. The molecule has 0 bridgehead atoms. The van der Waals surface area contributed by atoms with Crippen LogP contribution in [0, 0.1) is 0 Å². The molecule has 5 nitrogen and oxygen atoms in total. The number of carbonyl (C=O) groups excluding carboxylic acids is 1. The second-order valence-corrected chi connectivity index (χ2v) is 7.04. The maximum absolute atomic E-state index is 12.0. The van der Waals surface area contributed by atoms with Gasteiger partial charge in [-0.3, -0.25) is 4.79 Å². The highest BCUT2D eigenvalue weighted by molar-refractivity contribution is 9.10. The van der Waals surface area contributed by atoms with Gasteiger partial charge < -0.3 is 9.47 Å². The molecular weight excluding hydrogens is 432 g/mol. The van der Waals surface area contributed by atoms with Crippen molar-refractivity contribution in [1.29, 1.82) is 0 Å². The minimum atomic E-state index is -0.263. The van der Waals surface area contributed by atoms with Crippen molar-refractivity contribution in [2.45, 2.75) is 13.5 Å². The quantitative estimate of drug-likeness (QED) is 0.377. The van der Waals surface area contributed by atoms with Gasteiger partial charge in [0.25, 0.3) is 5.91 Å². The van der Waals surface area contributed by atoms with Crippen LogP contribution in [-0.2, 0) is 6.61 Å². The maximum atomic E-state index is 12.0. The molecule has 0 fully saturated rings. The van der Waals surface area contributed by atoms with Gasteiger partial charge in [0.15, 0.2) is 11.5 Å². The molecule has 3 aromatic rings. The van der Waals surface area contributed by atoms with E-state index in [4.69, 9.17) is 9.47 Å². The zero-order valence-electron chi connectivity index (χ0n) is 16.0. The van der Waals surface area contributed by atoms with E-state index in [2.05, 4.69) is 26.5 Å². The number of hydrogen-bond acceptors (Lipinski definition) is 4. The van der Waals surface area contributed by atoms with Gasteiger partial charge in [-0.1, -0.05) is 46.3 Å². The molecule has 148 valence electrons. The summed E-state index contributed by atoms with van der Waals surface area (Å²) >= 11 is 3.42. The van der Waals surface area contributed by atoms with Crippen LogP contribution >= 0.6 is 15.9 Å². The van der Waals surface area contributed by atoms with Crippen LogP contribution in [0.2, 0.25) is 0 Å². The minimum absolute atomic E-state index is 0.263. The molecule has 0 aliphatic heterocycles. The number of nitrogens with one attached hydrogen (secondary N) is 1. The van der Waals surface area contributed by atoms with E-state index in [9.17, 15) is 4.79 Å². The number of halogens is 1. The Bertz CT molecular complexity index is 973. The Kier molecular flexibility index (Phi) is 7.41. The predicted octanol–water partition coefficient (Wildman–Crippen LogP) is 5.19. The summed E-state index contributed by atoms with van der Waals surface area (Å²) in [6, 6.07) is 22.4. The first-order valence-corrected chi connectivity index (χ1v) is 9.97. The molecule has 1 amide bonds. The highest BCUT2D eigenvalue weighted by Crippen LogP contribution is 2.29. The monoisotopic (exact) mass is 452 g/mol. The largest absolute Gasteiger partial charge is 0.490 e. The third-order valence-electron chi connectivity index (χ3n) is 3.99. The van der Waals surface area contributed by atoms with Gasteiger partial charge >= 0.3 is 0 Å². The smallest absolute Gasteiger partial charge is 0.271 e. The maximum Gasteiger partial charge on any atom is 0.271 e. The molecule has 0 saturated carbocycles. The summed E-state index contributed by atoms with van der Waals surface area (Å²) in [4.78, 5) is 12.0. The van der Waals surface area contributed by atoms with Crippen molar-refractivity contribution in [3.8, 4) is 11.5 Å². The SMILES string of the molecule is CCOc1cc(/C=N/NC(=O)c2ccccc2)ccc1OCc1ccc(Br)cc1. The van der Waals surface area contributed by atoms with Crippen LogP contribution in [0.1, 0.15) is 28.4 Å². The molecule has 3 rings (SSSR count). The number of rotatable bonds is 8. The molecule has 0 aromatic heterocycles. The molecule has 0 aliphatic carbocycles. The standard InChI is InChI=1S/C23H21BrN2O3/c1-2-28-22-14-18(15-25-26-23(27)19-6-4-3-5-7-19)10-13-21(22)29-16-17-8-11-20(24)12-9-17/h3-15H,2,16H2,1H3,(H,26,27)/b25-15+. The summed E-state index contributed by atoms with van der Waals surface area (Å²) in [6.45, 7) is 2.87. The van der Waals surface area contributed by atoms with E-state index in [1.54, 1.807) is 30.5 Å². The third kappa shape index (κ3) is 6.19. The van der Waals surface area contributed by atoms with E-state index in [0.717, 1.165) is 15.6 Å². The molecular formula is C23H21BrN2O3. The van der Waals surface area contributed by atoms with Crippen LogP contribution in [0.5, 0.6) is 11.5 Å². The van der Waals surface area contributed by atoms with Gasteiger partial charge in [-0.05, 0) is 60.5 Å². The fourth-order valence-corrected chi connectivity index (χ4v) is 2.82. The molecule has 0 heterocycles. The first-order valence-electron chi connectivity index (χ1n) is 9.18. The lowest BCUT2D eigenvalue weighted by atomic mass is 10.2. The van der Waals surface area contributed by atoms with Gasteiger partial charge in [0.1, 0.15) is 6.61 Å². The first-order chi connectivity index (χ1) is 14.2. The molecule has 0 unspecified atom stereocenters. The van der Waals surface area contributed by atoms with E-state index in [-0.39, 0.29) is 5.91 Å². The van der Waals surface area contributed by atoms with Crippen LogP contribution in [-0.4, -0.2) is 18.7 Å². The van der Waals surface area contributed by atoms with Crippen LogP contribution in [0.25, 0.3) is 0 Å². The number of nitrogens with zero attached hydrogens (tertiary/aromatic N) is 1. The summed E-state index contributed by atoms with van der Waals surface area (Å²) < 4.78 is 12.6. The molecule has 3 aromatic carbocycles. The van der Waals surface area contributed by atoms with Crippen molar-refractivity contribution < 1.29 is 14.3 Å². The Hall–Kier alpha value is -3.12. The predicted molar refractivity (Wildman–Crippen MR) is 118 cm³/mol. The lowest BCUT2D eigenvalue weighted by Crippen LogP contribution is -2.17. The van der Waals surface area contributed by atoms with Gasteiger partial charge in [0.2, 0.25) is 0 Å². The summed E-state index contributed by atoms with van der Waals surface area (Å²) in [7, 11) is 0. The van der Waals surface area contributed by atoms with Crippen molar-refractivity contribution >= 4 is 28.1 Å². The molecule has 1 N–H and O–H groups in total. The lowest BCUT2D eigenvalue weighted by molar-refractivity contribution is 0.0955. The van der Waals surface area contributed by atoms with E-state index < -0.39 is 0 Å². The van der Waals surface area contributed by atoms with Crippen LogP contribution < -0.4 is 14.9 Å². The number of hydrazone groups is 1. The highest BCUT2D eigenvalue weighted by atomic mass is 79.9. The van der Waals surface area contributed by atoms with Crippen molar-refractivity contribution in [1.82, 2.24) is 5.43 Å². The lowest BCUT2D eigenvalue weighted by Gasteiger charge is -2.12. The number of amides is 1. The number of hydrogen-bond donors (Lipinski definition) is 1. The first kappa shape index (κ1) is 20.6. The van der Waals surface area contributed by atoms with E-state index >= 15 is 0 Å². The van der Waals surface area contributed by atoms with E-state index in [1.165, 1.54) is 0 Å². The van der Waals surface area contributed by atoms with E-state index in [0.29, 0.717) is 30.3 Å². The van der Waals surface area contributed by atoms with Crippen molar-refractivity contribution in [3.63, 3.8) is 0 Å². The Morgan fingerprint density at radius 2 is 1.76 bits per heavy atom. The summed E-state index contributed by atoms with van der Waals surface area (Å²) in [6.07, 6.45) is 1.57. The summed E-state index contributed by atoms with van der Waals surface area (Å²) in [5, 5.41) is 4.03. The normalized spacial score (nSPS) is 10.7. The van der Waals surface area contributed by atoms with Crippen molar-refractivity contribution in [2.75, 3.05) is 6.61 Å². The topological polar surface area (TPSA) is 59.9 Å². The molecule has 0 aliphatic rings.